The van der Waals surface area contributed by atoms with Crippen LogP contribution in [0.25, 0.3) is 11.0 Å². The van der Waals surface area contributed by atoms with E-state index in [1.165, 1.54) is 23.9 Å². The molecule has 0 saturated carbocycles. The van der Waals surface area contributed by atoms with Gasteiger partial charge in [-0.15, -0.1) is 0 Å². The minimum absolute atomic E-state index is 0.0254. The van der Waals surface area contributed by atoms with Crippen LogP contribution >= 0.6 is 11.8 Å². The van der Waals surface area contributed by atoms with Crippen LogP contribution in [0.2, 0.25) is 0 Å². The van der Waals surface area contributed by atoms with Crippen molar-refractivity contribution in [2.45, 2.75) is 26.0 Å². The molecule has 9 heteroatoms. The van der Waals surface area contributed by atoms with Gasteiger partial charge in [0.1, 0.15) is 24.0 Å². The molecule has 0 unspecified atom stereocenters. The third kappa shape index (κ3) is 4.11. The molecule has 0 saturated heterocycles. The third-order valence-corrected chi connectivity index (χ3v) is 6.24. The SMILES string of the molecule is CSCC[C@H](C(=O)OCc1cc(=O)oc2c(C)c(O)ccc12)N1C(=O)c2ccccc2C1=O. The molecule has 3 aromatic rings. The van der Waals surface area contributed by atoms with E-state index in [4.69, 9.17) is 9.15 Å². The van der Waals surface area contributed by atoms with Gasteiger partial charge in [0.05, 0.1) is 11.1 Å². The number of esters is 1. The number of ether oxygens (including phenoxy) is 1. The predicted molar refractivity (Wildman–Crippen MR) is 122 cm³/mol. The maximum Gasteiger partial charge on any atom is 0.336 e. The largest absolute Gasteiger partial charge is 0.508 e. The second-order valence-electron chi connectivity index (χ2n) is 7.61. The lowest BCUT2D eigenvalue weighted by molar-refractivity contribution is -0.149. The zero-order valence-corrected chi connectivity index (χ0v) is 18.8. The van der Waals surface area contributed by atoms with E-state index in [0.717, 1.165) is 4.90 Å². The topological polar surface area (TPSA) is 114 Å². The quantitative estimate of drug-likeness (QED) is 0.320. The Kier molecular flexibility index (Phi) is 6.24. The van der Waals surface area contributed by atoms with Gasteiger partial charge in [-0.05, 0) is 49.6 Å². The molecule has 4 rings (SSSR count). The molecule has 1 aromatic heterocycles. The smallest absolute Gasteiger partial charge is 0.336 e. The summed E-state index contributed by atoms with van der Waals surface area (Å²) in [5.74, 6) is -1.30. The fourth-order valence-corrected chi connectivity index (χ4v) is 4.31. The molecule has 1 N–H and O–H groups in total. The van der Waals surface area contributed by atoms with Crippen LogP contribution in [-0.2, 0) is 16.1 Å². The summed E-state index contributed by atoms with van der Waals surface area (Å²) < 4.78 is 10.7. The van der Waals surface area contributed by atoms with Crippen molar-refractivity contribution in [2.75, 3.05) is 12.0 Å². The van der Waals surface area contributed by atoms with Gasteiger partial charge in [0, 0.05) is 22.6 Å². The first-order valence-corrected chi connectivity index (χ1v) is 11.6. The predicted octanol–water partition coefficient (Wildman–Crippen LogP) is 3.27. The Morgan fingerprint density at radius 3 is 2.42 bits per heavy atom. The fraction of sp³-hybridized carbons (Fsp3) is 0.250. The first-order valence-electron chi connectivity index (χ1n) is 10.2. The number of benzene rings is 2. The molecule has 0 radical (unpaired) electrons. The minimum Gasteiger partial charge on any atom is -0.508 e. The third-order valence-electron chi connectivity index (χ3n) is 5.59. The van der Waals surface area contributed by atoms with E-state index in [0.29, 0.717) is 22.3 Å². The number of rotatable bonds is 7. The van der Waals surface area contributed by atoms with Gasteiger partial charge >= 0.3 is 11.6 Å². The molecule has 2 amide bonds. The number of hydrogen-bond acceptors (Lipinski definition) is 8. The van der Waals surface area contributed by atoms with Gasteiger partial charge < -0.3 is 14.3 Å². The molecule has 8 nitrogen and oxygen atoms in total. The molecular formula is C24H21NO7S. The number of aromatic hydroxyl groups is 1. The van der Waals surface area contributed by atoms with Crippen LogP contribution in [0.1, 0.15) is 38.3 Å². The van der Waals surface area contributed by atoms with Crippen LogP contribution in [0.4, 0.5) is 0 Å². The molecule has 0 aliphatic carbocycles. The molecule has 1 atom stereocenters. The maximum atomic E-state index is 13.1. The number of phenols is 1. The molecular weight excluding hydrogens is 446 g/mol. The molecule has 0 bridgehead atoms. The number of aryl methyl sites for hydroxylation is 1. The summed E-state index contributed by atoms with van der Waals surface area (Å²) in [6, 6.07) is 9.58. The van der Waals surface area contributed by atoms with Crippen molar-refractivity contribution in [3.05, 3.63) is 75.1 Å². The second kappa shape index (κ2) is 9.11. The molecule has 1 aliphatic heterocycles. The van der Waals surface area contributed by atoms with Crippen LogP contribution in [0.5, 0.6) is 5.75 Å². The number of nitrogens with zero attached hydrogens (tertiary/aromatic N) is 1. The van der Waals surface area contributed by atoms with Gasteiger partial charge in [0.15, 0.2) is 0 Å². The zero-order chi connectivity index (χ0) is 23.7. The van der Waals surface area contributed by atoms with E-state index in [1.807, 2.05) is 6.26 Å². The number of carbonyl (C=O) groups is 3. The molecule has 0 fully saturated rings. The van der Waals surface area contributed by atoms with E-state index in [2.05, 4.69) is 0 Å². The highest BCUT2D eigenvalue weighted by atomic mass is 32.2. The van der Waals surface area contributed by atoms with Gasteiger partial charge in [-0.2, -0.15) is 11.8 Å². The number of amides is 2. The van der Waals surface area contributed by atoms with E-state index >= 15 is 0 Å². The summed E-state index contributed by atoms with van der Waals surface area (Å²) in [7, 11) is 0. The normalized spacial score (nSPS) is 13.9. The average Bonchev–Trinajstić information content (AvgIpc) is 3.06. The molecule has 2 aromatic carbocycles. The summed E-state index contributed by atoms with van der Waals surface area (Å²) >= 11 is 1.48. The highest BCUT2D eigenvalue weighted by molar-refractivity contribution is 7.98. The van der Waals surface area contributed by atoms with Crippen molar-refractivity contribution in [1.29, 1.82) is 0 Å². The summed E-state index contributed by atoms with van der Waals surface area (Å²) in [5.41, 5.74) is 0.845. The van der Waals surface area contributed by atoms with Crippen LogP contribution in [0.15, 0.2) is 51.7 Å². The Morgan fingerprint density at radius 1 is 1.12 bits per heavy atom. The van der Waals surface area contributed by atoms with Crippen molar-refractivity contribution in [2.24, 2.45) is 0 Å². The summed E-state index contributed by atoms with van der Waals surface area (Å²) in [4.78, 5) is 51.8. The lowest BCUT2D eigenvalue weighted by Crippen LogP contribution is -2.46. The molecule has 0 spiro atoms. The van der Waals surface area contributed by atoms with Gasteiger partial charge in [0.25, 0.3) is 11.8 Å². The van der Waals surface area contributed by atoms with E-state index in [1.54, 1.807) is 37.3 Å². The lowest BCUT2D eigenvalue weighted by Gasteiger charge is -2.24. The van der Waals surface area contributed by atoms with Gasteiger partial charge in [0.2, 0.25) is 0 Å². The van der Waals surface area contributed by atoms with Crippen molar-refractivity contribution < 1.29 is 28.6 Å². The highest BCUT2D eigenvalue weighted by Crippen LogP contribution is 2.29. The van der Waals surface area contributed by atoms with Crippen molar-refractivity contribution in [1.82, 2.24) is 4.90 Å². The zero-order valence-electron chi connectivity index (χ0n) is 18.0. The number of fused-ring (bicyclic) bond motifs is 2. The van der Waals surface area contributed by atoms with E-state index < -0.39 is 29.5 Å². The number of imide groups is 1. The summed E-state index contributed by atoms with van der Waals surface area (Å²) in [5, 5.41) is 10.4. The second-order valence-corrected chi connectivity index (χ2v) is 8.59. The Balaban J connectivity index is 1.61. The lowest BCUT2D eigenvalue weighted by atomic mass is 10.1. The number of thioether (sulfide) groups is 1. The van der Waals surface area contributed by atoms with E-state index in [-0.39, 0.29) is 35.5 Å². The van der Waals surface area contributed by atoms with Crippen LogP contribution in [-0.4, -0.2) is 45.8 Å². The van der Waals surface area contributed by atoms with Crippen molar-refractivity contribution >= 4 is 40.5 Å². The standard InChI is InChI=1S/C24H21NO7S/c1-13-19(26)8-7-15-14(11-20(27)32-21(13)15)12-31-24(30)18(9-10-33-2)25-22(28)16-5-3-4-6-17(16)23(25)29/h3-8,11,18,26H,9-10,12H2,1-2H3/t18-/m1/s1. The molecule has 170 valence electrons. The first-order chi connectivity index (χ1) is 15.8. The summed E-state index contributed by atoms with van der Waals surface area (Å²) in [6.45, 7) is 1.35. The molecule has 1 aliphatic rings. The van der Waals surface area contributed by atoms with Crippen LogP contribution < -0.4 is 5.63 Å². The first kappa shape index (κ1) is 22.6. The van der Waals surface area contributed by atoms with Crippen LogP contribution in [0, 0.1) is 6.92 Å². The molecule has 2 heterocycles. The van der Waals surface area contributed by atoms with E-state index in [9.17, 15) is 24.3 Å². The van der Waals surface area contributed by atoms with Crippen LogP contribution in [0.3, 0.4) is 0 Å². The number of hydrogen-bond donors (Lipinski definition) is 1. The maximum absolute atomic E-state index is 13.1. The minimum atomic E-state index is -1.10. The Bertz CT molecular complexity index is 1300. The van der Waals surface area contributed by atoms with Crippen molar-refractivity contribution in [3.63, 3.8) is 0 Å². The average molecular weight is 467 g/mol. The highest BCUT2D eigenvalue weighted by Gasteiger charge is 2.43. The number of phenolic OH excluding ortho intramolecular Hbond substituents is 1. The Hall–Kier alpha value is -3.59. The number of carbonyl (C=O) groups excluding carboxylic acids is 3. The van der Waals surface area contributed by atoms with Crippen molar-refractivity contribution in [3.8, 4) is 5.75 Å². The molecule has 33 heavy (non-hydrogen) atoms. The Labute approximate surface area is 193 Å². The summed E-state index contributed by atoms with van der Waals surface area (Å²) in [6.07, 6.45) is 2.09. The van der Waals surface area contributed by atoms with Gasteiger partial charge in [-0.1, -0.05) is 12.1 Å². The Morgan fingerprint density at radius 2 is 1.79 bits per heavy atom. The monoisotopic (exact) mass is 467 g/mol. The fourth-order valence-electron chi connectivity index (χ4n) is 3.85. The van der Waals surface area contributed by atoms with Gasteiger partial charge in [-0.25, -0.2) is 9.59 Å². The van der Waals surface area contributed by atoms with Gasteiger partial charge in [-0.3, -0.25) is 14.5 Å².